The van der Waals surface area contributed by atoms with Gasteiger partial charge >= 0.3 is 0 Å². The minimum absolute atomic E-state index is 0. The average molecular weight is 806 g/mol. The summed E-state index contributed by atoms with van der Waals surface area (Å²) in [7, 11) is 0. The van der Waals surface area contributed by atoms with Gasteiger partial charge in [-0.25, -0.2) is 0 Å². The van der Waals surface area contributed by atoms with Gasteiger partial charge in [0.1, 0.15) is 0 Å². The van der Waals surface area contributed by atoms with Gasteiger partial charge in [0.25, 0.3) is 0 Å². The molecule has 1 radical (unpaired) electrons. The Kier molecular flexibility index (Phi) is 10.3. The smallest absolute Gasteiger partial charge is 0.0207 e. The summed E-state index contributed by atoms with van der Waals surface area (Å²) in [4.78, 5) is 13.4. The van der Waals surface area contributed by atoms with E-state index in [2.05, 4.69) is 155 Å². The molecule has 0 saturated heterocycles. The third kappa shape index (κ3) is 7.41. The van der Waals surface area contributed by atoms with Gasteiger partial charge in [0, 0.05) is 37.9 Å². The van der Waals surface area contributed by atoms with Crippen molar-refractivity contribution < 1.29 is 20.1 Å². The summed E-state index contributed by atoms with van der Waals surface area (Å²) in [6.07, 6.45) is 8.58. The van der Waals surface area contributed by atoms with Crippen LogP contribution in [-0.2, 0) is 31.9 Å². The topological polar surface area (TPSA) is 38.7 Å². The van der Waals surface area contributed by atoms with Crippen molar-refractivity contribution in [3.8, 4) is 44.8 Å². The molecule has 1 aliphatic rings. The fourth-order valence-corrected chi connectivity index (χ4v) is 6.41. The van der Waals surface area contributed by atoms with Gasteiger partial charge < -0.3 is 15.0 Å². The van der Waals surface area contributed by atoms with Crippen LogP contribution < -0.4 is 0 Å². The molecule has 0 N–H and O–H groups in total. The van der Waals surface area contributed by atoms with Crippen LogP contribution in [0.1, 0.15) is 68.0 Å². The van der Waals surface area contributed by atoms with E-state index in [1.807, 2.05) is 18.5 Å². The molecule has 0 atom stereocenters. The monoisotopic (exact) mass is 806 g/mol. The normalized spacial score (nSPS) is 12.7. The zero-order valence-corrected chi connectivity index (χ0v) is 31.6. The van der Waals surface area contributed by atoms with E-state index < -0.39 is 0 Å². The molecule has 0 bridgehead atoms. The van der Waals surface area contributed by atoms with Crippen molar-refractivity contribution in [3.05, 3.63) is 149 Å². The summed E-state index contributed by atoms with van der Waals surface area (Å²) in [6.45, 7) is 17.7. The Balaban J connectivity index is 0.000000187. The molecule has 3 aromatic carbocycles. The SMILES string of the molecule is CC1(C)c2ccccc2-c2cc(-c3[c-]ccnc3)ncc21.Cc1cnc(-c2[c-]cc(C)c(-c3ccc(CC(C)(C)C)cc3)c2)cc1C.[Ir]. The van der Waals surface area contributed by atoms with Gasteiger partial charge in [0.05, 0.1) is 0 Å². The molecule has 245 valence electrons. The second-order valence-electron chi connectivity index (χ2n) is 14.5. The van der Waals surface area contributed by atoms with Gasteiger partial charge in [-0.3, -0.25) is 0 Å². The van der Waals surface area contributed by atoms with E-state index in [4.69, 9.17) is 0 Å². The van der Waals surface area contributed by atoms with E-state index in [1.165, 1.54) is 55.6 Å². The van der Waals surface area contributed by atoms with Crippen molar-refractivity contribution in [2.45, 2.75) is 67.2 Å². The first-order valence-corrected chi connectivity index (χ1v) is 16.4. The number of aromatic nitrogens is 3. The summed E-state index contributed by atoms with van der Waals surface area (Å²) in [5.74, 6) is 0. The van der Waals surface area contributed by atoms with Crippen LogP contribution in [0.3, 0.4) is 0 Å². The number of fused-ring (bicyclic) bond motifs is 3. The van der Waals surface area contributed by atoms with Crippen LogP contribution in [-0.4, -0.2) is 15.0 Å². The summed E-state index contributed by atoms with van der Waals surface area (Å²) in [5, 5.41) is 0. The van der Waals surface area contributed by atoms with Crippen molar-refractivity contribution >= 4 is 0 Å². The van der Waals surface area contributed by atoms with E-state index in [9.17, 15) is 0 Å². The Bertz CT molecular complexity index is 2040. The van der Waals surface area contributed by atoms with Crippen molar-refractivity contribution in [2.75, 3.05) is 0 Å². The number of nitrogens with zero attached hydrogens (tertiary/aromatic N) is 3. The van der Waals surface area contributed by atoms with Gasteiger partial charge in [-0.2, -0.15) is 0 Å². The molecule has 0 amide bonds. The zero-order chi connectivity index (χ0) is 33.3. The van der Waals surface area contributed by atoms with Crippen LogP contribution in [0.2, 0.25) is 0 Å². The molecule has 3 aromatic heterocycles. The molecule has 1 aliphatic carbocycles. The van der Waals surface area contributed by atoms with Gasteiger partial charge in [-0.15, -0.1) is 47.0 Å². The van der Waals surface area contributed by atoms with Gasteiger partial charge in [-0.05, 0) is 76.0 Å². The first kappa shape index (κ1) is 35.1. The minimum atomic E-state index is 0. The standard InChI is InChI=1S/C25H28N.C19H15N2.Ir/c1-17-7-10-22(24-13-18(2)19(3)16-26-24)14-23(17)21-11-8-20(9-12-21)15-25(4,5)6;1-19(2)16-8-4-3-7-14(16)15-10-18(21-12-17(15)19)13-6-5-9-20-11-13;/h7-9,11-14,16H,15H2,1-6H3;3-5,7-12H,1-2H3;/q2*-1;. The van der Waals surface area contributed by atoms with Gasteiger partial charge in [0.2, 0.25) is 0 Å². The van der Waals surface area contributed by atoms with Crippen molar-refractivity contribution in [3.63, 3.8) is 0 Å². The van der Waals surface area contributed by atoms with E-state index >= 15 is 0 Å². The molecule has 0 fully saturated rings. The number of hydrogen-bond acceptors (Lipinski definition) is 3. The number of pyridine rings is 3. The van der Waals surface area contributed by atoms with Crippen molar-refractivity contribution in [1.29, 1.82) is 0 Å². The second-order valence-corrected chi connectivity index (χ2v) is 14.5. The Morgan fingerprint density at radius 3 is 2.06 bits per heavy atom. The van der Waals surface area contributed by atoms with Crippen LogP contribution >= 0.6 is 0 Å². The Morgan fingerprint density at radius 1 is 0.667 bits per heavy atom. The minimum Gasteiger partial charge on any atom is -0.360 e. The van der Waals surface area contributed by atoms with E-state index in [0.29, 0.717) is 5.41 Å². The third-order valence-electron chi connectivity index (χ3n) is 9.15. The maximum atomic E-state index is 4.63. The number of aryl methyl sites for hydroxylation is 3. The molecule has 4 heteroatoms. The van der Waals surface area contributed by atoms with Crippen LogP contribution in [0.15, 0.2) is 104 Å². The third-order valence-corrected chi connectivity index (χ3v) is 9.15. The number of rotatable bonds is 4. The van der Waals surface area contributed by atoms with Crippen LogP contribution in [0, 0.1) is 38.3 Å². The first-order valence-electron chi connectivity index (χ1n) is 16.4. The second kappa shape index (κ2) is 14.1. The zero-order valence-electron chi connectivity index (χ0n) is 29.2. The summed E-state index contributed by atoms with van der Waals surface area (Å²) in [6, 6.07) is 34.6. The number of benzene rings is 3. The quantitative estimate of drug-likeness (QED) is 0.167. The maximum Gasteiger partial charge on any atom is 0.0207 e. The van der Waals surface area contributed by atoms with Gasteiger partial charge in [0.15, 0.2) is 0 Å². The van der Waals surface area contributed by atoms with Gasteiger partial charge in [-0.1, -0.05) is 126 Å². The molecule has 7 rings (SSSR count). The maximum absolute atomic E-state index is 4.63. The number of hydrogen-bond donors (Lipinski definition) is 0. The molecule has 0 saturated carbocycles. The first-order chi connectivity index (χ1) is 22.4. The van der Waals surface area contributed by atoms with E-state index in [1.54, 1.807) is 12.4 Å². The average Bonchev–Trinajstić information content (AvgIpc) is 3.29. The largest absolute Gasteiger partial charge is 0.360 e. The Labute approximate surface area is 300 Å². The summed E-state index contributed by atoms with van der Waals surface area (Å²) < 4.78 is 0. The molecular formula is C44H43IrN3-2. The van der Waals surface area contributed by atoms with Crippen LogP contribution in [0.5, 0.6) is 0 Å². The van der Waals surface area contributed by atoms with E-state index in [0.717, 1.165) is 28.9 Å². The fourth-order valence-electron chi connectivity index (χ4n) is 6.41. The summed E-state index contributed by atoms with van der Waals surface area (Å²) in [5.41, 5.74) is 17.1. The molecular weight excluding hydrogens is 763 g/mol. The van der Waals surface area contributed by atoms with Crippen LogP contribution in [0.25, 0.3) is 44.8 Å². The predicted octanol–water partition coefficient (Wildman–Crippen LogP) is 11.0. The molecule has 0 spiro atoms. The molecule has 3 heterocycles. The predicted molar refractivity (Wildman–Crippen MR) is 195 cm³/mol. The molecule has 3 nitrogen and oxygen atoms in total. The molecule has 0 aliphatic heterocycles. The molecule has 48 heavy (non-hydrogen) atoms. The molecule has 0 unspecified atom stereocenters. The molecule has 6 aromatic rings. The van der Waals surface area contributed by atoms with Crippen molar-refractivity contribution in [1.82, 2.24) is 15.0 Å². The van der Waals surface area contributed by atoms with Crippen molar-refractivity contribution in [2.24, 2.45) is 5.41 Å². The Morgan fingerprint density at radius 2 is 1.38 bits per heavy atom. The fraction of sp³-hybridized carbons (Fsp3) is 0.250. The van der Waals surface area contributed by atoms with E-state index in [-0.39, 0.29) is 25.5 Å². The van der Waals surface area contributed by atoms with Crippen LogP contribution in [0.4, 0.5) is 0 Å². The Hall–Kier alpha value is -4.24. The summed E-state index contributed by atoms with van der Waals surface area (Å²) >= 11 is 0.